The van der Waals surface area contributed by atoms with Gasteiger partial charge in [-0.3, -0.25) is 57.4 Å². The Morgan fingerprint density at radius 3 is 0.806 bits per heavy atom. The summed E-state index contributed by atoms with van der Waals surface area (Å²) in [7, 11) is 0. The summed E-state index contributed by atoms with van der Waals surface area (Å²) in [5.41, 5.74) is 10.9. The van der Waals surface area contributed by atoms with Crippen molar-refractivity contribution >= 4 is 89.9 Å². The molecule has 0 radical (unpaired) electrons. The minimum Gasteiger partial charge on any atom is -0.366 e. The summed E-state index contributed by atoms with van der Waals surface area (Å²) in [6.45, 7) is 44.9. The Morgan fingerprint density at radius 2 is 0.612 bits per heavy atom. The first-order chi connectivity index (χ1) is 63.2. The lowest BCUT2D eigenvalue weighted by atomic mass is 9.96. The second-order valence-corrected chi connectivity index (χ2v) is 34.8. The second-order valence-electron chi connectivity index (χ2n) is 34.5. The number of hydrogen-bond donors (Lipinski definition) is 0. The minimum absolute atomic E-state index is 0. The van der Waals surface area contributed by atoms with Crippen LogP contribution in [0, 0.1) is 72.2 Å². The SMILES string of the molecule is C.C=CC(=O)N1CCN(c2c(C#N)c(=O)n(-c3c(C(C)C)ccnc3C(C)C)c3nc(-c4ccccc4C)c(F)cc23)CC1.C=CC(=O)N1CCN(c2c(C#N)c(=O)n(-c3c(C(C)C)ccnc3C(C)C)c3nc(-c4ccccc4C)c(F)cc23)CC1.C=CC(=O)N1CCN(c2c(C#N)c(=O)n(-c3c(C(C)C)ccnc3C(C)C)c3nc(-c4ccccc4C)c(F)cc23)CC1.CSF.P. The monoisotopic (exact) mass is 1850 g/mol. The number of carbonyl (C=O) groups is 3. The maximum atomic E-state index is 16.1. The van der Waals surface area contributed by atoms with Crippen LogP contribution in [0.25, 0.3) is 83.9 Å². The molecule has 3 aliphatic rings. The van der Waals surface area contributed by atoms with Crippen molar-refractivity contribution in [2.24, 2.45) is 0 Å². The van der Waals surface area contributed by atoms with E-state index in [1.807, 2.05) is 191 Å². The standard InChI is InChI=1S/3C34H35FN6O2.CH3FS.CH4.H3P/c3*1-7-28(42)39-14-16-40(17-15-39)31-25-18-27(35)30(24-11-9-8-10-22(24)6)38-33(25)41(34(43)26(31)19-36)32-23(20(2)3)12-13-37-29(32)21(4)5;1-3-2;;/h3*7-13,18,20-21H,1,14-17H2,2-6H3;1H3;1H4;1H3. The fraction of sp³-hybridized carbons (Fsp3) is 0.337. The Morgan fingerprint density at radius 1 is 0.388 bits per heavy atom. The molecule has 3 amide bonds. The van der Waals surface area contributed by atoms with Gasteiger partial charge in [-0.15, -0.1) is 0 Å². The summed E-state index contributed by atoms with van der Waals surface area (Å²) in [6, 6.07) is 38.4. The van der Waals surface area contributed by atoms with E-state index >= 15 is 13.2 Å². The van der Waals surface area contributed by atoms with Gasteiger partial charge in [0, 0.05) is 148 Å². The Hall–Kier alpha value is -13.8. The molecular weight excluding hydrogens is 1740 g/mol. The molecule has 134 heavy (non-hydrogen) atoms. The number of hydrogen-bond acceptors (Lipinski definition) is 19. The van der Waals surface area contributed by atoms with Crippen LogP contribution in [0.15, 0.2) is 180 Å². The van der Waals surface area contributed by atoms with E-state index < -0.39 is 34.1 Å². The number of rotatable bonds is 18. The molecule has 1 atom stereocenters. The minimum atomic E-state index is -0.558. The molecule has 12 heterocycles. The van der Waals surface area contributed by atoms with E-state index in [4.69, 9.17) is 15.0 Å². The molecule has 3 aromatic carbocycles. The number of benzene rings is 3. The fourth-order valence-corrected chi connectivity index (χ4v) is 17.5. The van der Waals surface area contributed by atoms with Crippen molar-refractivity contribution in [1.29, 1.82) is 15.8 Å². The third-order valence-corrected chi connectivity index (χ3v) is 24.1. The summed E-state index contributed by atoms with van der Waals surface area (Å²) in [6.07, 6.45) is 10.4. The highest BCUT2D eigenvalue weighted by Gasteiger charge is 2.36. The number of anilines is 3. The molecule has 9 aromatic heterocycles. The molecule has 696 valence electrons. The molecular formula is C104H115F4N18O6PS. The highest BCUT2D eigenvalue weighted by Crippen LogP contribution is 2.43. The van der Waals surface area contributed by atoms with Gasteiger partial charge in [0.2, 0.25) is 17.7 Å². The number of piperazine rings is 3. The molecule has 3 saturated heterocycles. The lowest BCUT2D eigenvalue weighted by molar-refractivity contribution is -0.127. The highest BCUT2D eigenvalue weighted by molar-refractivity contribution is 7.93. The Balaban J connectivity index is 0.000000203. The van der Waals surface area contributed by atoms with Crippen molar-refractivity contribution in [3.8, 4) is 69.0 Å². The average Bonchev–Trinajstić information content (AvgIpc) is 0.732. The summed E-state index contributed by atoms with van der Waals surface area (Å²) in [4.78, 5) is 119. The van der Waals surface area contributed by atoms with Crippen LogP contribution < -0.4 is 31.4 Å². The van der Waals surface area contributed by atoms with Crippen molar-refractivity contribution < 1.29 is 31.4 Å². The zero-order valence-electron chi connectivity index (χ0n) is 78.1. The van der Waals surface area contributed by atoms with Gasteiger partial charge in [0.05, 0.1) is 51.2 Å². The van der Waals surface area contributed by atoms with E-state index in [-0.39, 0.29) is 133 Å². The summed E-state index contributed by atoms with van der Waals surface area (Å²) < 4.78 is 62.9. The van der Waals surface area contributed by atoms with Gasteiger partial charge in [0.25, 0.3) is 16.7 Å². The maximum absolute atomic E-state index is 16.1. The van der Waals surface area contributed by atoms with E-state index in [1.165, 1.54) is 56.4 Å². The Labute approximate surface area is 787 Å². The van der Waals surface area contributed by atoms with Gasteiger partial charge < -0.3 is 29.4 Å². The number of amides is 3. The van der Waals surface area contributed by atoms with E-state index in [9.17, 15) is 48.4 Å². The zero-order valence-corrected chi connectivity index (χ0v) is 80.3. The molecule has 1 unspecified atom stereocenters. The first kappa shape index (κ1) is 102. The molecule has 0 aliphatic carbocycles. The van der Waals surface area contributed by atoms with Crippen LogP contribution in [0.2, 0.25) is 0 Å². The van der Waals surface area contributed by atoms with Crippen molar-refractivity contribution in [3.63, 3.8) is 0 Å². The predicted molar refractivity (Wildman–Crippen MR) is 534 cm³/mol. The lowest BCUT2D eigenvalue weighted by Crippen LogP contribution is -2.49. The quantitative estimate of drug-likeness (QED) is 0.0438. The average molecular weight is 1850 g/mol. The van der Waals surface area contributed by atoms with Gasteiger partial charge in [-0.2, -0.15) is 29.6 Å². The molecule has 12 aromatic rings. The van der Waals surface area contributed by atoms with Crippen LogP contribution in [-0.4, -0.2) is 161 Å². The summed E-state index contributed by atoms with van der Waals surface area (Å²) in [5, 5.41) is 32.4. The summed E-state index contributed by atoms with van der Waals surface area (Å²) in [5.74, 6) is -2.31. The van der Waals surface area contributed by atoms with Crippen LogP contribution in [0.3, 0.4) is 0 Å². The Kier molecular flexibility index (Phi) is 33.7. The number of carbonyl (C=O) groups excluding carboxylic acids is 3. The molecule has 0 spiro atoms. The first-order valence-electron chi connectivity index (χ1n) is 44.0. The highest BCUT2D eigenvalue weighted by atomic mass is 32.2. The normalized spacial score (nSPS) is 13.2. The number of aromatic nitrogens is 9. The van der Waals surface area contributed by atoms with E-state index in [2.05, 4.69) is 52.9 Å². The Bertz CT molecular complexity index is 6140. The van der Waals surface area contributed by atoms with Crippen LogP contribution in [0.4, 0.5) is 34.1 Å². The lowest BCUT2D eigenvalue weighted by Gasteiger charge is -2.36. The van der Waals surface area contributed by atoms with Gasteiger partial charge >= 0.3 is 0 Å². The van der Waals surface area contributed by atoms with Gasteiger partial charge in [0.1, 0.15) is 69.4 Å². The summed E-state index contributed by atoms with van der Waals surface area (Å²) >= 11 is 0.250. The van der Waals surface area contributed by atoms with Crippen molar-refractivity contribution in [1.82, 2.24) is 58.3 Å². The molecule has 3 fully saturated rings. The zero-order chi connectivity index (χ0) is 95.7. The van der Waals surface area contributed by atoms with Crippen molar-refractivity contribution in [3.05, 3.63) is 281 Å². The number of pyridine rings is 9. The van der Waals surface area contributed by atoms with E-state index in [0.717, 1.165) is 33.4 Å². The molecule has 30 heteroatoms. The molecule has 15 rings (SSSR count). The van der Waals surface area contributed by atoms with Crippen LogP contribution in [0.1, 0.15) is 193 Å². The number of fused-ring (bicyclic) bond motifs is 3. The van der Waals surface area contributed by atoms with Gasteiger partial charge in [-0.1, -0.05) is 183 Å². The second kappa shape index (κ2) is 44.2. The fourth-order valence-electron chi connectivity index (χ4n) is 17.5. The van der Waals surface area contributed by atoms with Gasteiger partial charge in [-0.25, -0.2) is 28.1 Å². The first-order valence-corrected chi connectivity index (χ1v) is 45.2. The maximum Gasteiger partial charge on any atom is 0.276 e. The molecule has 0 bridgehead atoms. The van der Waals surface area contributed by atoms with E-state index in [0.29, 0.717) is 163 Å². The smallest absolute Gasteiger partial charge is 0.276 e. The predicted octanol–water partition coefficient (Wildman–Crippen LogP) is 19.5. The van der Waals surface area contributed by atoms with Crippen LogP contribution in [-0.2, 0) is 14.4 Å². The topological polar surface area (TPSA) is 285 Å². The van der Waals surface area contributed by atoms with Crippen LogP contribution >= 0.6 is 22.0 Å². The molecule has 3 aliphatic heterocycles. The van der Waals surface area contributed by atoms with E-state index in [1.54, 1.807) is 51.5 Å². The van der Waals surface area contributed by atoms with Crippen molar-refractivity contribution in [2.75, 3.05) is 99.5 Å². The largest absolute Gasteiger partial charge is 0.366 e. The molecule has 0 N–H and O–H groups in total. The number of halogens is 4. The molecule has 0 saturated carbocycles. The van der Waals surface area contributed by atoms with Gasteiger partial charge in [-0.05, 0) is 144 Å². The molecule has 24 nitrogen and oxygen atoms in total. The number of aryl methyl sites for hydroxylation is 3. The number of nitrogens with zero attached hydrogens (tertiary/aromatic N) is 18. The van der Waals surface area contributed by atoms with Crippen molar-refractivity contribution in [2.45, 2.75) is 147 Å². The number of nitriles is 3. The third-order valence-electron chi connectivity index (χ3n) is 24.1. The third kappa shape index (κ3) is 20.2. The van der Waals surface area contributed by atoms with Crippen LogP contribution in [0.5, 0.6) is 0 Å². The van der Waals surface area contributed by atoms with Gasteiger partial charge in [0.15, 0.2) is 16.9 Å².